The number of amides is 1. The second-order valence-electron chi connectivity index (χ2n) is 6.13. The molecule has 0 heterocycles. The molecule has 1 unspecified atom stereocenters. The van der Waals surface area contributed by atoms with Gasteiger partial charge in [-0.2, -0.15) is 5.10 Å². The van der Waals surface area contributed by atoms with Gasteiger partial charge >= 0.3 is 0 Å². The average Bonchev–Trinajstić information content (AvgIpc) is 2.69. The van der Waals surface area contributed by atoms with Gasteiger partial charge in [0, 0.05) is 5.71 Å². The third-order valence-corrected chi connectivity index (χ3v) is 4.12. The number of nitrogens with zero attached hydrogens (tertiary/aromatic N) is 1. The van der Waals surface area contributed by atoms with E-state index in [1.54, 1.807) is 12.1 Å². The number of nitrogens with one attached hydrogen (secondary N) is 1. The minimum Gasteiger partial charge on any atom is -0.489 e. The Morgan fingerprint density at radius 2 is 1.65 bits per heavy atom. The van der Waals surface area contributed by atoms with Crippen molar-refractivity contribution < 1.29 is 14.3 Å². The van der Waals surface area contributed by atoms with E-state index in [0.29, 0.717) is 18.3 Å². The van der Waals surface area contributed by atoms with Crippen LogP contribution in [0.25, 0.3) is 0 Å². The van der Waals surface area contributed by atoms with Gasteiger partial charge in [-0.15, -0.1) is 0 Å². The maximum atomic E-state index is 11.8. The van der Waals surface area contributed by atoms with Gasteiger partial charge in [0.25, 0.3) is 5.91 Å². The van der Waals surface area contributed by atoms with Gasteiger partial charge in [0.15, 0.2) is 6.61 Å². The number of ether oxygens (including phenoxy) is 2. The largest absolute Gasteiger partial charge is 0.489 e. The maximum Gasteiger partial charge on any atom is 0.277 e. The van der Waals surface area contributed by atoms with Crippen molar-refractivity contribution in [3.05, 3.63) is 60.2 Å². The Labute approximate surface area is 155 Å². The van der Waals surface area contributed by atoms with E-state index in [1.807, 2.05) is 49.4 Å². The molecule has 5 heteroatoms. The van der Waals surface area contributed by atoms with Gasteiger partial charge < -0.3 is 9.47 Å². The van der Waals surface area contributed by atoms with Gasteiger partial charge in [0.05, 0.1) is 0 Å². The molecule has 0 spiro atoms. The molecule has 2 aromatic rings. The van der Waals surface area contributed by atoms with Crippen molar-refractivity contribution in [1.82, 2.24) is 5.43 Å². The fourth-order valence-corrected chi connectivity index (χ4v) is 2.11. The molecule has 26 heavy (non-hydrogen) atoms. The van der Waals surface area contributed by atoms with Crippen LogP contribution < -0.4 is 14.9 Å². The molecule has 0 aromatic heterocycles. The summed E-state index contributed by atoms with van der Waals surface area (Å²) in [7, 11) is 0. The zero-order valence-corrected chi connectivity index (χ0v) is 15.6. The molecule has 0 aliphatic carbocycles. The molecule has 1 amide bonds. The standard InChI is InChI=1S/C21H26N2O3/c1-4-16(2)17(3)22-23-21(24)15-26-20-12-10-19(11-13-20)25-14-18-8-6-5-7-9-18/h5-13,16H,4,14-15H2,1-3H3,(H,23,24)/b22-17+. The van der Waals surface area contributed by atoms with E-state index in [4.69, 9.17) is 9.47 Å². The van der Waals surface area contributed by atoms with Gasteiger partial charge in [0.1, 0.15) is 18.1 Å². The summed E-state index contributed by atoms with van der Waals surface area (Å²) in [6.45, 7) is 6.49. The van der Waals surface area contributed by atoms with Gasteiger partial charge in [-0.3, -0.25) is 4.79 Å². The Balaban J connectivity index is 1.75. The third kappa shape index (κ3) is 6.59. The van der Waals surface area contributed by atoms with E-state index in [-0.39, 0.29) is 12.5 Å². The van der Waals surface area contributed by atoms with Crippen molar-refractivity contribution in [3.8, 4) is 11.5 Å². The van der Waals surface area contributed by atoms with Crippen molar-refractivity contribution in [2.45, 2.75) is 33.8 Å². The monoisotopic (exact) mass is 354 g/mol. The van der Waals surface area contributed by atoms with E-state index < -0.39 is 0 Å². The quantitative estimate of drug-likeness (QED) is 0.543. The van der Waals surface area contributed by atoms with Crippen LogP contribution >= 0.6 is 0 Å². The highest BCUT2D eigenvalue weighted by molar-refractivity contribution is 5.86. The lowest BCUT2D eigenvalue weighted by molar-refractivity contribution is -0.123. The summed E-state index contributed by atoms with van der Waals surface area (Å²) in [4.78, 5) is 11.8. The third-order valence-electron chi connectivity index (χ3n) is 4.12. The first-order chi connectivity index (χ1) is 12.6. The Bertz CT molecular complexity index is 712. The van der Waals surface area contributed by atoms with E-state index in [2.05, 4.69) is 24.4 Å². The highest BCUT2D eigenvalue weighted by atomic mass is 16.5. The van der Waals surface area contributed by atoms with E-state index >= 15 is 0 Å². The van der Waals surface area contributed by atoms with Crippen molar-refractivity contribution >= 4 is 11.6 Å². The molecule has 0 saturated carbocycles. The predicted octanol–water partition coefficient (Wildman–Crippen LogP) is 4.18. The first-order valence-corrected chi connectivity index (χ1v) is 8.81. The van der Waals surface area contributed by atoms with Crippen molar-refractivity contribution in [2.24, 2.45) is 11.0 Å². The molecule has 0 bridgehead atoms. The maximum absolute atomic E-state index is 11.8. The summed E-state index contributed by atoms with van der Waals surface area (Å²) in [5.41, 5.74) is 4.53. The van der Waals surface area contributed by atoms with Crippen molar-refractivity contribution in [1.29, 1.82) is 0 Å². The van der Waals surface area contributed by atoms with Crippen LogP contribution in [0.2, 0.25) is 0 Å². The number of hydrogen-bond acceptors (Lipinski definition) is 4. The summed E-state index contributed by atoms with van der Waals surface area (Å²) in [5.74, 6) is 1.42. The second-order valence-corrected chi connectivity index (χ2v) is 6.13. The zero-order valence-electron chi connectivity index (χ0n) is 15.6. The molecule has 1 N–H and O–H groups in total. The fraction of sp³-hybridized carbons (Fsp3) is 0.333. The van der Waals surface area contributed by atoms with Crippen LogP contribution in [0.1, 0.15) is 32.8 Å². The summed E-state index contributed by atoms with van der Waals surface area (Å²) in [5, 5.41) is 4.09. The number of benzene rings is 2. The lowest BCUT2D eigenvalue weighted by Crippen LogP contribution is -2.26. The van der Waals surface area contributed by atoms with E-state index in [9.17, 15) is 4.79 Å². The normalized spacial score (nSPS) is 12.3. The van der Waals surface area contributed by atoms with Crippen LogP contribution in [0.5, 0.6) is 11.5 Å². The Kier molecular flexibility index (Phi) is 7.68. The van der Waals surface area contributed by atoms with Crippen LogP contribution in [0, 0.1) is 5.92 Å². The van der Waals surface area contributed by atoms with E-state index in [0.717, 1.165) is 23.4 Å². The summed E-state index contributed by atoms with van der Waals surface area (Å²) in [6, 6.07) is 17.2. The lowest BCUT2D eigenvalue weighted by Gasteiger charge is -2.09. The van der Waals surface area contributed by atoms with Gasteiger partial charge in [-0.05, 0) is 49.1 Å². The highest BCUT2D eigenvalue weighted by Crippen LogP contribution is 2.18. The van der Waals surface area contributed by atoms with Crippen LogP contribution in [-0.2, 0) is 11.4 Å². The summed E-state index contributed by atoms with van der Waals surface area (Å²) in [6.07, 6.45) is 0.987. The van der Waals surface area contributed by atoms with Gasteiger partial charge in [-0.25, -0.2) is 5.43 Å². The molecule has 0 aliphatic rings. The number of carbonyl (C=O) groups is 1. The molecule has 5 nitrogen and oxygen atoms in total. The van der Waals surface area contributed by atoms with Crippen LogP contribution in [0.15, 0.2) is 59.7 Å². The molecular formula is C21H26N2O3. The predicted molar refractivity (Wildman–Crippen MR) is 103 cm³/mol. The SMILES string of the molecule is CCC(C)/C(C)=N/NC(=O)COc1ccc(OCc2ccccc2)cc1. The molecule has 138 valence electrons. The molecule has 0 saturated heterocycles. The lowest BCUT2D eigenvalue weighted by atomic mass is 10.1. The molecule has 2 aromatic carbocycles. The molecule has 2 rings (SSSR count). The average molecular weight is 354 g/mol. The van der Waals surface area contributed by atoms with Crippen LogP contribution in [0.3, 0.4) is 0 Å². The second kappa shape index (κ2) is 10.2. The minimum absolute atomic E-state index is 0.0818. The number of carbonyl (C=O) groups excluding carboxylic acids is 1. The topological polar surface area (TPSA) is 59.9 Å². The minimum atomic E-state index is -0.281. The zero-order chi connectivity index (χ0) is 18.8. The van der Waals surface area contributed by atoms with Crippen molar-refractivity contribution in [2.75, 3.05) is 6.61 Å². The van der Waals surface area contributed by atoms with Gasteiger partial charge in [0.2, 0.25) is 0 Å². The Morgan fingerprint density at radius 3 is 2.27 bits per heavy atom. The molecule has 0 radical (unpaired) electrons. The molecule has 0 fully saturated rings. The smallest absolute Gasteiger partial charge is 0.277 e. The highest BCUT2D eigenvalue weighted by Gasteiger charge is 2.05. The summed E-state index contributed by atoms with van der Waals surface area (Å²) >= 11 is 0. The number of rotatable bonds is 9. The first kappa shape index (κ1) is 19.5. The fourth-order valence-electron chi connectivity index (χ4n) is 2.11. The van der Waals surface area contributed by atoms with Gasteiger partial charge in [-0.1, -0.05) is 44.2 Å². The number of hydrogen-bond donors (Lipinski definition) is 1. The summed E-state index contributed by atoms with van der Waals surface area (Å²) < 4.78 is 11.2. The van der Waals surface area contributed by atoms with Crippen LogP contribution in [-0.4, -0.2) is 18.2 Å². The Morgan fingerprint density at radius 1 is 1.04 bits per heavy atom. The van der Waals surface area contributed by atoms with E-state index in [1.165, 1.54) is 0 Å². The van der Waals surface area contributed by atoms with Crippen molar-refractivity contribution in [3.63, 3.8) is 0 Å². The first-order valence-electron chi connectivity index (χ1n) is 8.81. The number of hydrazone groups is 1. The molecule has 1 atom stereocenters. The van der Waals surface area contributed by atoms with Crippen LogP contribution in [0.4, 0.5) is 0 Å². The Hall–Kier alpha value is -2.82. The molecular weight excluding hydrogens is 328 g/mol. The molecule has 0 aliphatic heterocycles.